The molecule has 3 aromatic carbocycles. The fourth-order valence-corrected chi connectivity index (χ4v) is 6.17. The number of hydrogen-bond acceptors (Lipinski definition) is 6. The summed E-state index contributed by atoms with van der Waals surface area (Å²) in [5.41, 5.74) is 8.29. The summed E-state index contributed by atoms with van der Waals surface area (Å²) in [5, 5.41) is 5.61. The number of carbonyl (C=O) groups excluding carboxylic acids is 1. The molecule has 192 valence electrons. The second-order valence-electron chi connectivity index (χ2n) is 10.4. The lowest BCUT2D eigenvalue weighted by molar-refractivity contribution is -0.126. The van der Waals surface area contributed by atoms with Crippen LogP contribution in [0.1, 0.15) is 24.8 Å². The Kier molecular flexibility index (Phi) is 5.44. The number of hydrogen-bond donors (Lipinski definition) is 2. The molecule has 2 N–H and O–H groups in total. The largest absolute Gasteiger partial charge is 0.341 e. The summed E-state index contributed by atoms with van der Waals surface area (Å²) in [6.07, 6.45) is 3.03. The summed E-state index contributed by atoms with van der Waals surface area (Å²) in [5.74, 6) is 1.21. The maximum absolute atomic E-state index is 13.7. The summed E-state index contributed by atoms with van der Waals surface area (Å²) >= 11 is 0. The van der Waals surface area contributed by atoms with Gasteiger partial charge >= 0.3 is 0 Å². The first kappa shape index (κ1) is 23.0. The van der Waals surface area contributed by atoms with Crippen molar-refractivity contribution in [1.82, 2.24) is 20.2 Å². The van der Waals surface area contributed by atoms with Gasteiger partial charge in [-0.3, -0.25) is 9.69 Å². The van der Waals surface area contributed by atoms with Crippen LogP contribution in [-0.4, -0.2) is 52.0 Å². The maximum atomic E-state index is 13.7. The second-order valence-corrected chi connectivity index (χ2v) is 10.4. The highest BCUT2D eigenvalue weighted by Gasteiger charge is 2.55. The highest BCUT2D eigenvalue weighted by Crippen LogP contribution is 2.41. The van der Waals surface area contributed by atoms with Gasteiger partial charge < -0.3 is 15.6 Å². The average molecular weight is 509 g/mol. The molecule has 3 aliphatic heterocycles. The SMILES string of the molecule is CN1C(=O)C2=C(Nc3ccccc3)NN(Cc3ccc(-c4ccc(F)cc4)cc3)C2N2C1=N[C@@H]1CCC[C@@H]12. The van der Waals surface area contributed by atoms with E-state index in [-0.39, 0.29) is 23.9 Å². The van der Waals surface area contributed by atoms with E-state index < -0.39 is 0 Å². The van der Waals surface area contributed by atoms with E-state index in [0.717, 1.165) is 47.6 Å². The molecule has 2 fully saturated rings. The van der Waals surface area contributed by atoms with Crippen molar-refractivity contribution in [3.63, 3.8) is 0 Å². The van der Waals surface area contributed by atoms with Crippen molar-refractivity contribution in [2.24, 2.45) is 4.99 Å². The van der Waals surface area contributed by atoms with Gasteiger partial charge in [0.1, 0.15) is 17.8 Å². The number of amides is 1. The molecule has 4 aliphatic rings. The molecule has 0 bridgehead atoms. The number of anilines is 1. The van der Waals surface area contributed by atoms with E-state index in [9.17, 15) is 9.18 Å². The first-order chi connectivity index (χ1) is 18.6. The molecule has 3 atom stereocenters. The number of likely N-dealkylation sites (N-methyl/N-ethyl adjacent to an activating group) is 1. The zero-order valence-corrected chi connectivity index (χ0v) is 21.1. The lowest BCUT2D eigenvalue weighted by Gasteiger charge is -2.44. The molecule has 1 saturated heterocycles. The molecule has 1 saturated carbocycles. The molecule has 3 aromatic rings. The number of para-hydroxylation sites is 1. The Labute approximate surface area is 221 Å². The van der Waals surface area contributed by atoms with Gasteiger partial charge in [0.15, 0.2) is 0 Å². The summed E-state index contributed by atoms with van der Waals surface area (Å²) in [7, 11) is 1.83. The van der Waals surface area contributed by atoms with Gasteiger partial charge in [0, 0.05) is 19.3 Å². The Bertz CT molecular complexity index is 1440. The summed E-state index contributed by atoms with van der Waals surface area (Å²) in [4.78, 5) is 22.8. The van der Waals surface area contributed by atoms with Crippen LogP contribution < -0.4 is 10.7 Å². The Balaban J connectivity index is 1.22. The molecule has 3 heterocycles. The summed E-state index contributed by atoms with van der Waals surface area (Å²) in [6, 6.07) is 25.3. The van der Waals surface area contributed by atoms with Gasteiger partial charge in [-0.1, -0.05) is 54.6 Å². The average Bonchev–Trinajstić information content (AvgIpc) is 3.63. The van der Waals surface area contributed by atoms with Crippen molar-refractivity contribution in [1.29, 1.82) is 0 Å². The number of carbonyl (C=O) groups is 1. The number of fused-ring (bicyclic) bond motifs is 5. The van der Waals surface area contributed by atoms with Crippen LogP contribution in [0.4, 0.5) is 10.1 Å². The van der Waals surface area contributed by atoms with Gasteiger partial charge in [-0.15, -0.1) is 0 Å². The molecule has 0 spiro atoms. The molecule has 38 heavy (non-hydrogen) atoms. The van der Waals surface area contributed by atoms with E-state index in [2.05, 4.69) is 44.9 Å². The predicted molar refractivity (Wildman–Crippen MR) is 145 cm³/mol. The van der Waals surface area contributed by atoms with Crippen LogP contribution in [0.15, 0.2) is 95.2 Å². The number of guanidine groups is 1. The third-order valence-electron chi connectivity index (χ3n) is 8.02. The molecule has 1 amide bonds. The van der Waals surface area contributed by atoms with E-state index >= 15 is 0 Å². The van der Waals surface area contributed by atoms with E-state index in [0.29, 0.717) is 24.0 Å². The normalized spacial score (nSPS) is 24.2. The van der Waals surface area contributed by atoms with Crippen molar-refractivity contribution < 1.29 is 9.18 Å². The van der Waals surface area contributed by atoms with Crippen molar-refractivity contribution in [3.05, 3.63) is 102 Å². The van der Waals surface area contributed by atoms with Crippen LogP contribution >= 0.6 is 0 Å². The van der Waals surface area contributed by atoms with Crippen LogP contribution in [0.2, 0.25) is 0 Å². The van der Waals surface area contributed by atoms with E-state index in [1.165, 1.54) is 12.1 Å². The number of rotatable bonds is 5. The van der Waals surface area contributed by atoms with Gasteiger partial charge in [-0.2, -0.15) is 5.01 Å². The van der Waals surface area contributed by atoms with Crippen LogP contribution in [-0.2, 0) is 11.3 Å². The van der Waals surface area contributed by atoms with Crippen LogP contribution in [0.3, 0.4) is 0 Å². The number of nitrogens with zero attached hydrogens (tertiary/aromatic N) is 4. The second kappa shape index (κ2) is 8.99. The predicted octanol–water partition coefficient (Wildman–Crippen LogP) is 4.53. The van der Waals surface area contributed by atoms with Crippen molar-refractivity contribution >= 4 is 17.6 Å². The third kappa shape index (κ3) is 3.75. The quantitative estimate of drug-likeness (QED) is 0.531. The van der Waals surface area contributed by atoms with Crippen LogP contribution in [0.5, 0.6) is 0 Å². The standard InChI is InChI=1S/C30H29FN6O/c1-35-29(38)26-27(32-23-6-3-2-4-7-23)34-36(28(26)37-25-9-5-8-24(25)33-30(35)37)18-19-10-12-20(13-11-19)21-14-16-22(31)17-15-21/h2-4,6-7,10-17,24-25,28,32,34H,5,8-9,18H2,1H3/t24-,25+,28?/m1/s1. The maximum Gasteiger partial charge on any atom is 0.263 e. The van der Waals surface area contributed by atoms with Gasteiger partial charge in [0.2, 0.25) is 5.96 Å². The number of aliphatic imine (C=N–C) groups is 1. The highest BCUT2D eigenvalue weighted by atomic mass is 19.1. The number of nitrogens with one attached hydrogen (secondary N) is 2. The van der Waals surface area contributed by atoms with Crippen molar-refractivity contribution in [3.8, 4) is 11.1 Å². The van der Waals surface area contributed by atoms with Gasteiger partial charge in [-0.25, -0.2) is 9.38 Å². The number of halogens is 1. The summed E-state index contributed by atoms with van der Waals surface area (Å²) in [6.45, 7) is 0.593. The van der Waals surface area contributed by atoms with Gasteiger partial charge in [-0.05, 0) is 60.2 Å². The molecule has 7 rings (SSSR count). The number of hydrazine groups is 1. The molecule has 1 aliphatic carbocycles. The minimum absolute atomic E-state index is 0.0370. The Morgan fingerprint density at radius 3 is 2.42 bits per heavy atom. The monoisotopic (exact) mass is 508 g/mol. The van der Waals surface area contributed by atoms with Gasteiger partial charge in [0.05, 0.1) is 17.7 Å². The zero-order chi connectivity index (χ0) is 25.8. The Hall–Kier alpha value is -4.17. The zero-order valence-electron chi connectivity index (χ0n) is 21.1. The van der Waals surface area contributed by atoms with E-state index in [4.69, 9.17) is 4.99 Å². The first-order valence-corrected chi connectivity index (χ1v) is 13.2. The number of benzene rings is 3. The van der Waals surface area contributed by atoms with Crippen LogP contribution in [0.25, 0.3) is 11.1 Å². The third-order valence-corrected chi connectivity index (χ3v) is 8.02. The molecular weight excluding hydrogens is 479 g/mol. The van der Waals surface area contributed by atoms with E-state index in [1.54, 1.807) is 17.0 Å². The van der Waals surface area contributed by atoms with Gasteiger partial charge in [0.25, 0.3) is 5.91 Å². The van der Waals surface area contributed by atoms with Crippen molar-refractivity contribution in [2.75, 3.05) is 12.4 Å². The molecule has 0 radical (unpaired) electrons. The smallest absolute Gasteiger partial charge is 0.263 e. The first-order valence-electron chi connectivity index (χ1n) is 13.2. The minimum atomic E-state index is -0.256. The molecule has 7 nitrogen and oxygen atoms in total. The van der Waals surface area contributed by atoms with E-state index in [1.807, 2.05) is 37.4 Å². The topological polar surface area (TPSA) is 63.2 Å². The highest BCUT2D eigenvalue weighted by molar-refractivity contribution is 6.10. The Morgan fingerprint density at radius 2 is 1.68 bits per heavy atom. The molecule has 0 aromatic heterocycles. The minimum Gasteiger partial charge on any atom is -0.341 e. The fourth-order valence-electron chi connectivity index (χ4n) is 6.17. The fraction of sp³-hybridized carbons (Fsp3) is 0.267. The molecular formula is C30H29FN6O. The lowest BCUT2D eigenvalue weighted by Crippen LogP contribution is -2.62. The Morgan fingerprint density at radius 1 is 0.974 bits per heavy atom. The molecule has 1 unspecified atom stereocenters. The summed E-state index contributed by atoms with van der Waals surface area (Å²) < 4.78 is 13.4. The van der Waals surface area contributed by atoms with Crippen LogP contribution in [0, 0.1) is 5.82 Å². The molecule has 8 heteroatoms. The lowest BCUT2D eigenvalue weighted by atomic mass is 10.0. The van der Waals surface area contributed by atoms with Crippen molar-refractivity contribution in [2.45, 2.75) is 44.1 Å².